The number of hydrogen-bond acceptors (Lipinski definition) is 2. The van der Waals surface area contributed by atoms with Crippen LogP contribution in [0.25, 0.3) is 0 Å². The van der Waals surface area contributed by atoms with Crippen molar-refractivity contribution in [2.75, 3.05) is 13.2 Å². The van der Waals surface area contributed by atoms with Gasteiger partial charge >= 0.3 is 0 Å². The molecule has 0 saturated carbocycles. The Morgan fingerprint density at radius 1 is 0.938 bits per heavy atom. The van der Waals surface area contributed by atoms with Gasteiger partial charge in [-0.2, -0.15) is 0 Å². The first-order chi connectivity index (χ1) is 7.62. The van der Waals surface area contributed by atoms with Crippen LogP contribution < -0.4 is 0 Å². The maximum Gasteiger partial charge on any atom is 0.0704 e. The molecule has 0 radical (unpaired) electrons. The zero-order chi connectivity index (χ0) is 12.3. The van der Waals surface area contributed by atoms with E-state index in [-0.39, 0.29) is 12.2 Å². The number of hydrogen-bond donors (Lipinski definition) is 1. The van der Waals surface area contributed by atoms with Crippen LogP contribution >= 0.6 is 0 Å². The molecule has 0 aliphatic heterocycles. The Labute approximate surface area is 101 Å². The average molecular weight is 230 g/mol. The lowest BCUT2D eigenvalue weighted by atomic mass is 9.99. The van der Waals surface area contributed by atoms with E-state index in [1.165, 1.54) is 44.9 Å². The lowest BCUT2D eigenvalue weighted by Crippen LogP contribution is -2.25. The van der Waals surface area contributed by atoms with Gasteiger partial charge in [-0.3, -0.25) is 0 Å². The summed E-state index contributed by atoms with van der Waals surface area (Å²) < 4.78 is 5.57. The zero-order valence-corrected chi connectivity index (χ0v) is 11.4. The maximum atomic E-state index is 8.70. The fourth-order valence-corrected chi connectivity index (χ4v) is 1.90. The summed E-state index contributed by atoms with van der Waals surface area (Å²) in [5.74, 6) is 0. The maximum absolute atomic E-state index is 8.70. The second kappa shape index (κ2) is 10.1. The predicted octanol–water partition coefficient (Wildman–Crippen LogP) is 3.91. The molecule has 0 rings (SSSR count). The van der Waals surface area contributed by atoms with Crippen LogP contribution in [0.4, 0.5) is 0 Å². The van der Waals surface area contributed by atoms with E-state index in [0.717, 1.165) is 6.42 Å². The van der Waals surface area contributed by atoms with Gasteiger partial charge in [0.25, 0.3) is 0 Å². The summed E-state index contributed by atoms with van der Waals surface area (Å²) in [5.41, 5.74) is -0.0633. The summed E-state index contributed by atoms with van der Waals surface area (Å²) >= 11 is 0. The smallest absolute Gasteiger partial charge is 0.0704 e. The van der Waals surface area contributed by atoms with Crippen molar-refractivity contribution in [3.8, 4) is 0 Å². The van der Waals surface area contributed by atoms with Gasteiger partial charge < -0.3 is 9.84 Å². The van der Waals surface area contributed by atoms with Crippen LogP contribution in [0.5, 0.6) is 0 Å². The number of ether oxygens (including phenoxy) is 1. The van der Waals surface area contributed by atoms with Crippen molar-refractivity contribution in [3.63, 3.8) is 0 Å². The van der Waals surface area contributed by atoms with Gasteiger partial charge in [-0.15, -0.1) is 0 Å². The highest BCUT2D eigenvalue weighted by Gasteiger charge is 2.16. The molecule has 0 saturated heterocycles. The molecule has 0 bridgehead atoms. The first-order valence-electron chi connectivity index (χ1n) is 6.87. The lowest BCUT2D eigenvalue weighted by molar-refractivity contribution is -0.0394. The first kappa shape index (κ1) is 15.9. The van der Waals surface area contributed by atoms with Gasteiger partial charge in [-0.25, -0.2) is 0 Å². The molecule has 0 fully saturated rings. The van der Waals surface area contributed by atoms with Crippen molar-refractivity contribution < 1.29 is 9.84 Å². The van der Waals surface area contributed by atoms with Gasteiger partial charge in [0.2, 0.25) is 0 Å². The molecule has 0 aromatic heterocycles. The second-order valence-corrected chi connectivity index (χ2v) is 5.20. The SMILES string of the molecule is CCCCCCCCCC(C)(C)OCCO. The summed E-state index contributed by atoms with van der Waals surface area (Å²) in [7, 11) is 0. The molecule has 0 aromatic rings. The third-order valence-electron chi connectivity index (χ3n) is 2.97. The van der Waals surface area contributed by atoms with E-state index in [2.05, 4.69) is 20.8 Å². The van der Waals surface area contributed by atoms with Crippen LogP contribution in [0.3, 0.4) is 0 Å². The summed E-state index contributed by atoms with van der Waals surface area (Å²) in [6.07, 6.45) is 10.5. The van der Waals surface area contributed by atoms with Crippen molar-refractivity contribution in [3.05, 3.63) is 0 Å². The monoisotopic (exact) mass is 230 g/mol. The van der Waals surface area contributed by atoms with Crippen LogP contribution in [0.15, 0.2) is 0 Å². The summed E-state index contributed by atoms with van der Waals surface area (Å²) in [5, 5.41) is 8.70. The fraction of sp³-hybridized carbons (Fsp3) is 1.00. The van der Waals surface area contributed by atoms with E-state index in [0.29, 0.717) is 6.61 Å². The molecule has 0 aliphatic rings. The van der Waals surface area contributed by atoms with E-state index < -0.39 is 0 Å². The normalized spacial score (nSPS) is 12.0. The molecular formula is C14H30O2. The van der Waals surface area contributed by atoms with Crippen LogP contribution in [0.1, 0.15) is 72.1 Å². The Morgan fingerprint density at radius 2 is 1.50 bits per heavy atom. The molecular weight excluding hydrogens is 200 g/mol. The molecule has 0 amide bonds. The quantitative estimate of drug-likeness (QED) is 0.545. The fourth-order valence-electron chi connectivity index (χ4n) is 1.90. The number of aliphatic hydroxyl groups excluding tert-OH is 1. The Kier molecular flexibility index (Phi) is 10.0. The van der Waals surface area contributed by atoms with Crippen molar-refractivity contribution in [1.29, 1.82) is 0 Å². The topological polar surface area (TPSA) is 29.5 Å². The highest BCUT2D eigenvalue weighted by atomic mass is 16.5. The molecule has 2 heteroatoms. The van der Waals surface area contributed by atoms with Gasteiger partial charge in [0.1, 0.15) is 0 Å². The Bertz CT molecular complexity index is 144. The van der Waals surface area contributed by atoms with Crippen LogP contribution in [-0.2, 0) is 4.74 Å². The van der Waals surface area contributed by atoms with Gasteiger partial charge in [-0.05, 0) is 20.3 Å². The Hall–Kier alpha value is -0.0800. The van der Waals surface area contributed by atoms with Crippen LogP contribution in [-0.4, -0.2) is 23.9 Å². The number of unbranched alkanes of at least 4 members (excludes halogenated alkanes) is 6. The lowest BCUT2D eigenvalue weighted by Gasteiger charge is -2.24. The van der Waals surface area contributed by atoms with E-state index in [1.54, 1.807) is 0 Å². The summed E-state index contributed by atoms with van der Waals surface area (Å²) in [4.78, 5) is 0. The summed E-state index contributed by atoms with van der Waals surface area (Å²) in [6.45, 7) is 7.06. The molecule has 0 aliphatic carbocycles. The van der Waals surface area contributed by atoms with Gasteiger partial charge in [0, 0.05) is 0 Å². The minimum absolute atomic E-state index is 0.0633. The van der Waals surface area contributed by atoms with E-state index in [4.69, 9.17) is 9.84 Å². The molecule has 0 heterocycles. The first-order valence-corrected chi connectivity index (χ1v) is 6.87. The molecule has 1 N–H and O–H groups in total. The Balaban J connectivity index is 3.29. The number of rotatable bonds is 11. The van der Waals surface area contributed by atoms with Crippen molar-refractivity contribution >= 4 is 0 Å². The molecule has 0 spiro atoms. The van der Waals surface area contributed by atoms with Crippen LogP contribution in [0.2, 0.25) is 0 Å². The van der Waals surface area contributed by atoms with Gasteiger partial charge in [-0.1, -0.05) is 51.9 Å². The minimum Gasteiger partial charge on any atom is -0.394 e. The third kappa shape index (κ3) is 10.4. The van der Waals surface area contributed by atoms with E-state index in [1.807, 2.05) is 0 Å². The average Bonchev–Trinajstić information content (AvgIpc) is 2.25. The molecule has 0 atom stereocenters. The largest absolute Gasteiger partial charge is 0.394 e. The van der Waals surface area contributed by atoms with Crippen molar-refractivity contribution in [2.24, 2.45) is 0 Å². The van der Waals surface area contributed by atoms with Crippen molar-refractivity contribution in [2.45, 2.75) is 77.7 Å². The molecule has 16 heavy (non-hydrogen) atoms. The van der Waals surface area contributed by atoms with E-state index >= 15 is 0 Å². The van der Waals surface area contributed by atoms with Gasteiger partial charge in [0.15, 0.2) is 0 Å². The van der Waals surface area contributed by atoms with Gasteiger partial charge in [0.05, 0.1) is 18.8 Å². The third-order valence-corrected chi connectivity index (χ3v) is 2.97. The molecule has 2 nitrogen and oxygen atoms in total. The second-order valence-electron chi connectivity index (χ2n) is 5.20. The van der Waals surface area contributed by atoms with Crippen LogP contribution in [0, 0.1) is 0 Å². The molecule has 98 valence electrons. The standard InChI is InChI=1S/C14H30O2/c1-4-5-6-7-8-9-10-11-14(2,3)16-13-12-15/h15H,4-13H2,1-3H3. The Morgan fingerprint density at radius 3 is 2.06 bits per heavy atom. The highest BCUT2D eigenvalue weighted by Crippen LogP contribution is 2.19. The number of aliphatic hydroxyl groups is 1. The minimum atomic E-state index is -0.0633. The molecule has 0 aromatic carbocycles. The predicted molar refractivity (Wildman–Crippen MR) is 69.7 cm³/mol. The van der Waals surface area contributed by atoms with E-state index in [9.17, 15) is 0 Å². The summed E-state index contributed by atoms with van der Waals surface area (Å²) in [6, 6.07) is 0. The molecule has 0 unspecified atom stereocenters. The van der Waals surface area contributed by atoms with Crippen molar-refractivity contribution in [1.82, 2.24) is 0 Å². The zero-order valence-electron chi connectivity index (χ0n) is 11.4. The highest BCUT2D eigenvalue weighted by molar-refractivity contribution is 4.68.